The Bertz CT molecular complexity index is 371. The molecule has 1 heterocycles. The average Bonchev–Trinajstić information content (AvgIpc) is 3.02. The van der Waals surface area contributed by atoms with Crippen molar-refractivity contribution in [2.24, 2.45) is 10.9 Å². The van der Waals surface area contributed by atoms with Crippen molar-refractivity contribution < 1.29 is 0 Å². The molecule has 0 saturated heterocycles. The minimum atomic E-state index is 0.834. The molecule has 2 N–H and O–H groups in total. The molecule has 0 bridgehead atoms. The lowest BCUT2D eigenvalue weighted by Crippen LogP contribution is -2.37. The number of halogens is 1. The molecule has 1 aromatic rings. The highest BCUT2D eigenvalue weighted by atomic mass is 79.9. The van der Waals surface area contributed by atoms with Crippen molar-refractivity contribution in [1.82, 2.24) is 10.6 Å². The molecule has 1 aliphatic carbocycles. The molecule has 2 rings (SSSR count). The molecule has 0 aliphatic heterocycles. The van der Waals surface area contributed by atoms with E-state index in [0.717, 1.165) is 29.4 Å². The van der Waals surface area contributed by atoms with Gasteiger partial charge in [-0.1, -0.05) is 0 Å². The van der Waals surface area contributed by atoms with Gasteiger partial charge in [0, 0.05) is 28.3 Å². The Labute approximate surface area is 108 Å². The highest BCUT2D eigenvalue weighted by Crippen LogP contribution is 2.27. The van der Waals surface area contributed by atoms with Crippen LogP contribution in [0.4, 0.5) is 0 Å². The fraction of sp³-hybridized carbons (Fsp3) is 0.545. The van der Waals surface area contributed by atoms with E-state index in [-0.39, 0.29) is 0 Å². The predicted molar refractivity (Wildman–Crippen MR) is 72.9 cm³/mol. The standard InChI is InChI=1S/C11H16BrN3S/c1-13-11(14-5-8-2-3-8)15-6-10-4-9(12)7-16-10/h4,7-8H,2-3,5-6H2,1H3,(H2,13,14,15). The van der Waals surface area contributed by atoms with Crippen molar-refractivity contribution in [2.45, 2.75) is 19.4 Å². The normalized spacial score (nSPS) is 16.2. The van der Waals surface area contributed by atoms with Crippen LogP contribution in [0.3, 0.4) is 0 Å². The second-order valence-corrected chi connectivity index (χ2v) is 5.89. The number of hydrogen-bond acceptors (Lipinski definition) is 2. The summed E-state index contributed by atoms with van der Waals surface area (Å²) in [4.78, 5) is 5.50. The molecular formula is C11H16BrN3S. The zero-order valence-electron chi connectivity index (χ0n) is 9.29. The molecule has 0 spiro atoms. The number of hydrogen-bond donors (Lipinski definition) is 2. The molecule has 1 saturated carbocycles. The topological polar surface area (TPSA) is 36.4 Å². The Morgan fingerprint density at radius 1 is 1.56 bits per heavy atom. The largest absolute Gasteiger partial charge is 0.356 e. The Kier molecular flexibility index (Phi) is 4.23. The van der Waals surface area contributed by atoms with Gasteiger partial charge in [-0.3, -0.25) is 4.99 Å². The van der Waals surface area contributed by atoms with Gasteiger partial charge in [-0.2, -0.15) is 0 Å². The summed E-state index contributed by atoms with van der Waals surface area (Å²) in [5, 5.41) is 8.75. The molecule has 1 fully saturated rings. The fourth-order valence-corrected chi connectivity index (χ4v) is 2.79. The summed E-state index contributed by atoms with van der Waals surface area (Å²) < 4.78 is 1.15. The zero-order chi connectivity index (χ0) is 11.4. The second kappa shape index (κ2) is 5.68. The molecule has 0 unspecified atom stereocenters. The number of nitrogens with one attached hydrogen (secondary N) is 2. The van der Waals surface area contributed by atoms with Crippen LogP contribution in [0.2, 0.25) is 0 Å². The Morgan fingerprint density at radius 2 is 2.38 bits per heavy atom. The van der Waals surface area contributed by atoms with Crippen LogP contribution >= 0.6 is 27.3 Å². The van der Waals surface area contributed by atoms with Gasteiger partial charge in [-0.15, -0.1) is 11.3 Å². The van der Waals surface area contributed by atoms with Crippen LogP contribution in [0.15, 0.2) is 20.9 Å². The van der Waals surface area contributed by atoms with Gasteiger partial charge in [-0.25, -0.2) is 0 Å². The van der Waals surface area contributed by atoms with E-state index in [1.807, 2.05) is 7.05 Å². The van der Waals surface area contributed by atoms with E-state index in [1.54, 1.807) is 11.3 Å². The first kappa shape index (κ1) is 11.9. The van der Waals surface area contributed by atoms with Gasteiger partial charge in [-0.05, 0) is 40.8 Å². The summed E-state index contributed by atoms with van der Waals surface area (Å²) >= 11 is 5.20. The minimum Gasteiger partial charge on any atom is -0.356 e. The van der Waals surface area contributed by atoms with Gasteiger partial charge in [0.15, 0.2) is 5.96 Å². The molecule has 88 valence electrons. The van der Waals surface area contributed by atoms with Crippen LogP contribution in [0, 0.1) is 5.92 Å². The molecule has 0 atom stereocenters. The minimum absolute atomic E-state index is 0.834. The van der Waals surface area contributed by atoms with Crippen molar-refractivity contribution >= 4 is 33.2 Å². The van der Waals surface area contributed by atoms with Gasteiger partial charge in [0.2, 0.25) is 0 Å². The van der Waals surface area contributed by atoms with Crippen molar-refractivity contribution in [3.63, 3.8) is 0 Å². The first-order valence-corrected chi connectivity index (χ1v) is 7.12. The highest BCUT2D eigenvalue weighted by molar-refractivity contribution is 9.10. The van der Waals surface area contributed by atoms with Crippen LogP contribution in [0.1, 0.15) is 17.7 Å². The summed E-state index contributed by atoms with van der Waals surface area (Å²) in [7, 11) is 1.81. The Morgan fingerprint density at radius 3 is 2.94 bits per heavy atom. The van der Waals surface area contributed by atoms with Crippen molar-refractivity contribution in [2.75, 3.05) is 13.6 Å². The second-order valence-electron chi connectivity index (χ2n) is 3.98. The Hall–Kier alpha value is -0.550. The van der Waals surface area contributed by atoms with E-state index < -0.39 is 0 Å². The lowest BCUT2D eigenvalue weighted by Gasteiger charge is -2.10. The lowest BCUT2D eigenvalue weighted by molar-refractivity contribution is 0.739. The summed E-state index contributed by atoms with van der Waals surface area (Å²) in [5.74, 6) is 1.77. The SMILES string of the molecule is CN=C(NCc1cc(Br)cs1)NCC1CC1. The fourth-order valence-electron chi connectivity index (χ4n) is 1.40. The molecule has 0 radical (unpaired) electrons. The van der Waals surface area contributed by atoms with Crippen LogP contribution < -0.4 is 10.6 Å². The summed E-state index contributed by atoms with van der Waals surface area (Å²) in [6, 6.07) is 2.13. The predicted octanol–water partition coefficient (Wildman–Crippen LogP) is 2.59. The zero-order valence-corrected chi connectivity index (χ0v) is 11.7. The first-order valence-electron chi connectivity index (χ1n) is 5.45. The van der Waals surface area contributed by atoms with Crippen molar-refractivity contribution in [3.8, 4) is 0 Å². The molecular weight excluding hydrogens is 286 g/mol. The van der Waals surface area contributed by atoms with Crippen LogP contribution in [0.25, 0.3) is 0 Å². The molecule has 16 heavy (non-hydrogen) atoms. The van der Waals surface area contributed by atoms with Crippen LogP contribution in [-0.2, 0) is 6.54 Å². The van der Waals surface area contributed by atoms with E-state index in [4.69, 9.17) is 0 Å². The molecule has 5 heteroatoms. The number of aliphatic imine (C=N–C) groups is 1. The number of nitrogens with zero attached hydrogens (tertiary/aromatic N) is 1. The van der Waals surface area contributed by atoms with E-state index in [0.29, 0.717) is 0 Å². The smallest absolute Gasteiger partial charge is 0.191 e. The summed E-state index contributed by atoms with van der Waals surface area (Å²) in [6.07, 6.45) is 2.73. The van der Waals surface area contributed by atoms with Gasteiger partial charge >= 0.3 is 0 Å². The van der Waals surface area contributed by atoms with Gasteiger partial charge in [0.25, 0.3) is 0 Å². The van der Waals surface area contributed by atoms with E-state index in [9.17, 15) is 0 Å². The third-order valence-electron chi connectivity index (χ3n) is 2.53. The number of guanidine groups is 1. The number of rotatable bonds is 4. The molecule has 0 amide bonds. The molecule has 1 aliphatic rings. The van der Waals surface area contributed by atoms with Crippen molar-refractivity contribution in [1.29, 1.82) is 0 Å². The van der Waals surface area contributed by atoms with E-state index in [1.165, 1.54) is 17.7 Å². The summed E-state index contributed by atoms with van der Waals surface area (Å²) in [6.45, 7) is 1.88. The van der Waals surface area contributed by atoms with Gasteiger partial charge in [0.1, 0.15) is 0 Å². The van der Waals surface area contributed by atoms with Crippen LogP contribution in [-0.4, -0.2) is 19.6 Å². The van der Waals surface area contributed by atoms with Gasteiger partial charge < -0.3 is 10.6 Å². The first-order chi connectivity index (χ1) is 7.78. The quantitative estimate of drug-likeness (QED) is 0.662. The number of thiophene rings is 1. The monoisotopic (exact) mass is 301 g/mol. The van der Waals surface area contributed by atoms with E-state index in [2.05, 4.69) is 43.0 Å². The maximum absolute atomic E-state index is 4.20. The Balaban J connectivity index is 1.73. The maximum atomic E-state index is 4.20. The molecule has 3 nitrogen and oxygen atoms in total. The average molecular weight is 302 g/mol. The third-order valence-corrected chi connectivity index (χ3v) is 4.23. The van der Waals surface area contributed by atoms with Gasteiger partial charge in [0.05, 0.1) is 6.54 Å². The maximum Gasteiger partial charge on any atom is 0.191 e. The highest BCUT2D eigenvalue weighted by Gasteiger charge is 2.20. The summed E-state index contributed by atoms with van der Waals surface area (Å²) in [5.41, 5.74) is 0. The van der Waals surface area contributed by atoms with E-state index >= 15 is 0 Å². The molecule has 0 aromatic carbocycles. The lowest BCUT2D eigenvalue weighted by atomic mass is 10.4. The van der Waals surface area contributed by atoms with Crippen molar-refractivity contribution in [3.05, 3.63) is 20.8 Å². The van der Waals surface area contributed by atoms with Crippen LogP contribution in [0.5, 0.6) is 0 Å². The third kappa shape index (κ3) is 3.79. The molecule has 1 aromatic heterocycles.